The molecule has 0 fully saturated rings. The van der Waals surface area contributed by atoms with Crippen LogP contribution in [0.2, 0.25) is 0 Å². The molecule has 42 heavy (non-hydrogen) atoms. The minimum Gasteiger partial charge on any atom is -0.494 e. The van der Waals surface area contributed by atoms with Crippen molar-refractivity contribution in [3.63, 3.8) is 0 Å². The number of alkyl halides is 3. The topological polar surface area (TPSA) is 102 Å². The molecule has 0 saturated carbocycles. The number of nitrogens with one attached hydrogen (secondary N) is 1. The van der Waals surface area contributed by atoms with E-state index in [1.807, 2.05) is 42.6 Å². The van der Waals surface area contributed by atoms with Gasteiger partial charge in [0.25, 0.3) is 0 Å². The van der Waals surface area contributed by atoms with Crippen molar-refractivity contribution in [2.45, 2.75) is 38.4 Å². The van der Waals surface area contributed by atoms with E-state index in [2.05, 4.69) is 4.98 Å². The first-order valence-electron chi connectivity index (χ1n) is 13.2. The number of oxazole rings is 1. The average molecular weight is 579 g/mol. The van der Waals surface area contributed by atoms with E-state index in [9.17, 15) is 27.9 Å². The summed E-state index contributed by atoms with van der Waals surface area (Å²) >= 11 is 0. The lowest BCUT2D eigenvalue weighted by molar-refractivity contribution is -0.140. The Bertz CT molecular complexity index is 1520. The van der Waals surface area contributed by atoms with Gasteiger partial charge in [-0.3, -0.25) is 4.79 Å². The van der Waals surface area contributed by atoms with Crippen LogP contribution in [0.1, 0.15) is 33.8 Å². The number of carbonyl (C=O) groups is 2. The molecule has 0 radical (unpaired) electrons. The van der Waals surface area contributed by atoms with Crippen LogP contribution in [0, 0.1) is 6.92 Å². The molecule has 0 spiro atoms. The number of ether oxygens (including phenoxy) is 1. The minimum atomic E-state index is -4.95. The van der Waals surface area contributed by atoms with E-state index < -0.39 is 29.7 Å². The van der Waals surface area contributed by atoms with Crippen molar-refractivity contribution in [3.8, 4) is 17.2 Å². The number of nitrogens with zero attached hydrogens (tertiary/aromatic N) is 1. The van der Waals surface area contributed by atoms with Crippen LogP contribution in [0.4, 0.5) is 13.2 Å². The fourth-order valence-electron chi connectivity index (χ4n) is 4.16. The Morgan fingerprint density at radius 2 is 1.64 bits per heavy atom. The molecule has 1 aromatic heterocycles. The molecule has 3 aromatic carbocycles. The van der Waals surface area contributed by atoms with E-state index in [1.165, 1.54) is 24.3 Å². The monoisotopic (exact) mass is 578 g/mol. The maximum atomic E-state index is 13.7. The van der Waals surface area contributed by atoms with Crippen molar-refractivity contribution in [1.82, 2.24) is 10.3 Å². The van der Waals surface area contributed by atoms with Crippen LogP contribution < -0.4 is 10.1 Å². The number of halogens is 3. The van der Waals surface area contributed by atoms with Crippen molar-refractivity contribution in [2.75, 3.05) is 6.61 Å². The molecule has 0 saturated heterocycles. The predicted octanol–water partition coefficient (Wildman–Crippen LogP) is 6.58. The van der Waals surface area contributed by atoms with E-state index >= 15 is 0 Å². The lowest BCUT2D eigenvalue weighted by atomic mass is 10.0. The van der Waals surface area contributed by atoms with Gasteiger partial charge in [-0.25, -0.2) is 9.78 Å². The van der Waals surface area contributed by atoms with Crippen LogP contribution in [0.15, 0.2) is 101 Å². The Balaban J connectivity index is 1.32. The van der Waals surface area contributed by atoms with Gasteiger partial charge in [-0.2, -0.15) is 13.2 Å². The SMILES string of the molecule is Cc1oc(-c2ccccc2)nc1CCCOc1ccc(C[C@H](N/C(=C/C(=O)c2ccccc2)C(F)(F)F)C(=O)O)cc1. The maximum absolute atomic E-state index is 13.7. The van der Waals surface area contributed by atoms with Gasteiger partial charge in [0.15, 0.2) is 5.78 Å². The van der Waals surface area contributed by atoms with Crippen LogP contribution in [0.5, 0.6) is 5.75 Å². The second-order valence-electron chi connectivity index (χ2n) is 9.51. The molecule has 7 nitrogen and oxygen atoms in total. The normalized spacial score (nSPS) is 12.5. The fourth-order valence-corrected chi connectivity index (χ4v) is 4.16. The number of carbonyl (C=O) groups excluding carboxylic acids is 1. The van der Waals surface area contributed by atoms with Crippen LogP contribution in [0.3, 0.4) is 0 Å². The number of aliphatic carboxylic acids is 1. The highest BCUT2D eigenvalue weighted by Crippen LogP contribution is 2.26. The molecule has 1 atom stereocenters. The van der Waals surface area contributed by atoms with Crippen molar-refractivity contribution in [1.29, 1.82) is 0 Å². The molecule has 0 bridgehead atoms. The Morgan fingerprint density at radius 1 is 1.00 bits per heavy atom. The van der Waals surface area contributed by atoms with Gasteiger partial charge >= 0.3 is 12.1 Å². The first kappa shape index (κ1) is 30.1. The van der Waals surface area contributed by atoms with Crippen LogP contribution in [-0.4, -0.2) is 40.7 Å². The first-order valence-corrected chi connectivity index (χ1v) is 13.2. The summed E-state index contributed by atoms with van der Waals surface area (Å²) in [5.74, 6) is -0.542. The molecule has 0 amide bonds. The number of carboxylic acids is 1. The summed E-state index contributed by atoms with van der Waals surface area (Å²) in [5, 5.41) is 11.6. The molecule has 0 aliphatic rings. The number of hydrogen-bond donors (Lipinski definition) is 2. The molecule has 2 N–H and O–H groups in total. The van der Waals surface area contributed by atoms with Gasteiger partial charge in [0.1, 0.15) is 23.2 Å². The second kappa shape index (κ2) is 13.7. The van der Waals surface area contributed by atoms with E-state index in [-0.39, 0.29) is 12.0 Å². The molecular formula is C32H29F3N2O5. The van der Waals surface area contributed by atoms with Gasteiger partial charge in [-0.1, -0.05) is 60.7 Å². The number of rotatable bonds is 13. The lowest BCUT2D eigenvalue weighted by Crippen LogP contribution is -2.42. The highest BCUT2D eigenvalue weighted by Gasteiger charge is 2.37. The summed E-state index contributed by atoms with van der Waals surface area (Å²) < 4.78 is 52.6. The molecule has 10 heteroatoms. The quantitative estimate of drug-likeness (QED) is 0.105. The van der Waals surface area contributed by atoms with Gasteiger partial charge in [0.2, 0.25) is 5.89 Å². The maximum Gasteiger partial charge on any atom is 0.431 e. The summed E-state index contributed by atoms with van der Waals surface area (Å²) in [5.41, 5.74) is 0.844. The molecule has 1 heterocycles. The first-order chi connectivity index (χ1) is 20.1. The van der Waals surface area contributed by atoms with E-state index in [4.69, 9.17) is 9.15 Å². The number of hydrogen-bond acceptors (Lipinski definition) is 6. The standard InChI is InChI=1S/C32H29F3N2O5/c1-21-26(37-30(42-21)24-11-6-3-7-12-24)13-8-18-41-25-16-14-22(15-17-25)19-27(31(39)40)36-29(32(33,34)35)20-28(38)23-9-4-2-5-10-23/h2-7,9-12,14-17,20,27,36H,8,13,18-19H2,1H3,(H,39,40)/b29-20+/t27-/m0/s1. The molecule has 0 aliphatic heterocycles. The number of aryl methyl sites for hydroxylation is 2. The molecule has 4 rings (SSSR count). The van der Waals surface area contributed by atoms with Gasteiger partial charge in [0.05, 0.1) is 12.3 Å². The predicted molar refractivity (Wildman–Crippen MR) is 150 cm³/mol. The highest BCUT2D eigenvalue weighted by molar-refractivity contribution is 6.05. The Morgan fingerprint density at radius 3 is 2.26 bits per heavy atom. The molecule has 4 aromatic rings. The molecule has 0 aliphatic carbocycles. The van der Waals surface area contributed by atoms with Crippen LogP contribution >= 0.6 is 0 Å². The summed E-state index contributed by atoms with van der Waals surface area (Å²) in [6, 6.07) is 21.8. The third kappa shape index (κ3) is 8.33. The number of carboxylic acid groups (broad SMARTS) is 1. The third-order valence-electron chi connectivity index (χ3n) is 6.37. The number of aromatic nitrogens is 1. The Hall–Kier alpha value is -4.86. The van der Waals surface area contributed by atoms with E-state index in [1.54, 1.807) is 30.3 Å². The van der Waals surface area contributed by atoms with Gasteiger partial charge in [-0.15, -0.1) is 0 Å². The summed E-state index contributed by atoms with van der Waals surface area (Å²) in [7, 11) is 0. The lowest BCUT2D eigenvalue weighted by Gasteiger charge is -2.20. The van der Waals surface area contributed by atoms with Crippen molar-refractivity contribution in [3.05, 3.63) is 119 Å². The van der Waals surface area contributed by atoms with E-state index in [0.29, 0.717) is 42.7 Å². The summed E-state index contributed by atoms with van der Waals surface area (Å²) in [6.07, 6.45) is -3.51. The fraction of sp³-hybridized carbons (Fsp3) is 0.219. The number of ketones is 1. The van der Waals surface area contributed by atoms with Crippen molar-refractivity contribution < 1.29 is 37.0 Å². The zero-order valence-electron chi connectivity index (χ0n) is 22.7. The minimum absolute atomic E-state index is 0.0524. The molecule has 0 unspecified atom stereocenters. The average Bonchev–Trinajstić information content (AvgIpc) is 3.35. The largest absolute Gasteiger partial charge is 0.494 e. The Kier molecular flexibility index (Phi) is 9.80. The van der Waals surface area contributed by atoms with Crippen molar-refractivity contribution >= 4 is 11.8 Å². The number of allylic oxidation sites excluding steroid dienone is 2. The molecular weight excluding hydrogens is 549 g/mol. The van der Waals surface area contributed by atoms with Gasteiger partial charge in [0, 0.05) is 23.6 Å². The van der Waals surface area contributed by atoms with Crippen LogP contribution in [-0.2, 0) is 17.6 Å². The summed E-state index contributed by atoms with van der Waals surface area (Å²) in [4.78, 5) is 28.7. The van der Waals surface area contributed by atoms with Gasteiger partial charge < -0.3 is 19.6 Å². The second-order valence-corrected chi connectivity index (χ2v) is 9.51. The van der Waals surface area contributed by atoms with Gasteiger partial charge in [-0.05, 0) is 49.6 Å². The van der Waals surface area contributed by atoms with Crippen molar-refractivity contribution in [2.24, 2.45) is 0 Å². The number of benzene rings is 3. The highest BCUT2D eigenvalue weighted by atomic mass is 19.4. The smallest absolute Gasteiger partial charge is 0.431 e. The third-order valence-corrected chi connectivity index (χ3v) is 6.37. The Labute approximate surface area is 240 Å². The zero-order valence-corrected chi connectivity index (χ0v) is 22.7. The van der Waals surface area contributed by atoms with E-state index in [0.717, 1.165) is 17.0 Å². The molecule has 218 valence electrons. The zero-order chi connectivity index (χ0) is 30.1. The van der Waals surface area contributed by atoms with Crippen LogP contribution in [0.25, 0.3) is 11.5 Å². The summed E-state index contributed by atoms with van der Waals surface area (Å²) in [6.45, 7) is 2.25.